The van der Waals surface area contributed by atoms with Crippen molar-refractivity contribution in [2.45, 2.75) is 32.8 Å². The summed E-state index contributed by atoms with van der Waals surface area (Å²) in [5, 5.41) is 26.3. The van der Waals surface area contributed by atoms with Gasteiger partial charge in [-0.1, -0.05) is 11.6 Å². The molecule has 0 atom stereocenters. The maximum atomic E-state index is 11.4. The lowest BCUT2D eigenvalue weighted by atomic mass is 10.2. The average molecular weight is 961 g/mol. The Morgan fingerprint density at radius 1 is 0.521 bits per heavy atom. The summed E-state index contributed by atoms with van der Waals surface area (Å²) in [5.41, 5.74) is -0.765. The van der Waals surface area contributed by atoms with Crippen LogP contribution in [0.4, 0.5) is 22.0 Å². The molecule has 2 N–H and O–H groups in total. The largest absolute Gasteiger partial charge is 0.444 e. The number of amides is 1. The highest BCUT2D eigenvalue weighted by atomic mass is 35.5. The van der Waals surface area contributed by atoms with Crippen molar-refractivity contribution in [3.8, 4) is 250 Å². The van der Waals surface area contributed by atoms with E-state index in [0.29, 0.717) is 19.5 Å². The number of nitrogens with zero attached hydrogens (tertiary/aromatic N) is 4. The van der Waals surface area contributed by atoms with Crippen LogP contribution in [0, 0.1) is 270 Å². The minimum atomic E-state index is -0.574. The van der Waals surface area contributed by atoms with Gasteiger partial charge in [-0.3, -0.25) is 20.2 Å². The molecule has 13 heteroatoms. The Morgan fingerprint density at radius 3 is 1.07 bits per heavy atom. The molecular formula is C60H25ClN6O6. The van der Waals surface area contributed by atoms with Crippen molar-refractivity contribution < 1.29 is 19.4 Å². The number of carbonyl (C=O) groups excluding carboxylic acids is 1. The first-order valence-electron chi connectivity index (χ1n) is 19.4. The van der Waals surface area contributed by atoms with Crippen molar-refractivity contribution in [3.05, 3.63) is 62.0 Å². The van der Waals surface area contributed by atoms with Crippen LogP contribution >= 0.6 is 11.6 Å². The average Bonchev–Trinajstić information content (AvgIpc) is 3.36. The third-order valence-corrected chi connectivity index (χ3v) is 5.98. The van der Waals surface area contributed by atoms with Crippen LogP contribution in [0.15, 0.2) is 36.7 Å². The van der Waals surface area contributed by atoms with Gasteiger partial charge >= 0.3 is 17.5 Å². The van der Waals surface area contributed by atoms with Crippen LogP contribution in [-0.2, 0) is 4.74 Å². The second kappa shape index (κ2) is 43.1. The Morgan fingerprint density at radius 2 is 0.808 bits per heavy atom. The van der Waals surface area contributed by atoms with E-state index in [1.807, 2.05) is 0 Å². The topological polar surface area (TPSA) is 162 Å². The maximum Gasteiger partial charge on any atom is 0.407 e. The number of rotatable bonds is 7. The van der Waals surface area contributed by atoms with Gasteiger partial charge in [0.05, 0.1) is 9.85 Å². The van der Waals surface area contributed by atoms with Gasteiger partial charge in [-0.2, -0.15) is 0 Å². The Balaban J connectivity index is 0.00000136. The summed E-state index contributed by atoms with van der Waals surface area (Å²) in [5.74, 6) is 98.4. The minimum absolute atomic E-state index is 0.0717. The Labute approximate surface area is 430 Å². The first-order valence-corrected chi connectivity index (χ1v) is 19.8. The monoisotopic (exact) mass is 960 g/mol. The van der Waals surface area contributed by atoms with Gasteiger partial charge in [-0.25, -0.2) is 14.8 Å². The third-order valence-electron chi connectivity index (χ3n) is 5.69. The molecule has 1 amide bonds. The van der Waals surface area contributed by atoms with Gasteiger partial charge < -0.3 is 15.4 Å². The van der Waals surface area contributed by atoms with E-state index < -0.39 is 21.5 Å². The standard InChI is InChI=1S/C42H2.C13H20N4O4.C5H3ClN2O2/c1-3-5-7-9-11-13-15-17-19-21-23-25-27-29-31-33-35-37-39-41-42-40-38-36-34-32-30-28-26-24-22-20-18-16-14-12-10-8-6-4-2;1-13(2,3)21-12(18)16-9-5-8-15-11-10(17(19)20)6-4-7-14-11;6-5-4(8(9)10)2-1-3-7-5/h1-2H;4,6-7H,5,8-9H2,1-3H3,(H,14,15)(H,16,18);1-3H. The number of pyridine rings is 2. The van der Waals surface area contributed by atoms with Gasteiger partial charge in [0.25, 0.3) is 0 Å². The Bertz CT molecular complexity index is 3650. The number of aromatic nitrogens is 2. The minimum Gasteiger partial charge on any atom is -0.444 e. The fourth-order valence-corrected chi connectivity index (χ4v) is 3.38. The molecule has 0 unspecified atom stereocenters. The fourth-order valence-electron chi connectivity index (χ4n) is 3.19. The van der Waals surface area contributed by atoms with Gasteiger partial charge in [0.2, 0.25) is 11.0 Å². The van der Waals surface area contributed by atoms with E-state index in [2.05, 4.69) is 257 Å². The molecule has 0 aliphatic rings. The Hall–Kier alpha value is -12.8. The van der Waals surface area contributed by atoms with Crippen molar-refractivity contribution in [2.75, 3.05) is 18.4 Å². The van der Waals surface area contributed by atoms with Gasteiger partial charge in [-0.15, -0.1) is 12.8 Å². The van der Waals surface area contributed by atoms with Crippen molar-refractivity contribution in [1.82, 2.24) is 15.3 Å². The van der Waals surface area contributed by atoms with E-state index in [4.69, 9.17) is 29.2 Å². The van der Waals surface area contributed by atoms with E-state index in [0.717, 1.165) is 0 Å². The third kappa shape index (κ3) is 40.5. The lowest BCUT2D eigenvalue weighted by Gasteiger charge is -2.19. The lowest BCUT2D eigenvalue weighted by Crippen LogP contribution is -2.33. The lowest BCUT2D eigenvalue weighted by molar-refractivity contribution is -0.385. The van der Waals surface area contributed by atoms with E-state index in [-0.39, 0.29) is 22.3 Å². The zero-order valence-electron chi connectivity index (χ0n) is 38.4. The SMILES string of the molecule is C#CC#CC#CC#CC#CC#CC#CC#CC#CC#CC#CC#CC#CC#CC#CC#CC#CC#CC#CC#CC#C.CC(C)(C)OC(=O)NCCCNc1ncccc1[N+](=O)[O-].O=[N+]([O-])c1cccnc1Cl. The van der Waals surface area contributed by atoms with Gasteiger partial charge in [-0.05, 0) is 134 Å². The molecule has 0 aromatic carbocycles. The molecule has 2 aromatic rings. The van der Waals surface area contributed by atoms with Crippen LogP contribution in [-0.4, -0.2) is 44.6 Å². The second-order valence-corrected chi connectivity index (χ2v) is 12.3. The number of terminal acetylenes is 2. The number of anilines is 1. The molecule has 0 saturated carbocycles. The summed E-state index contributed by atoms with van der Waals surface area (Å²) in [6, 6.07) is 5.65. The fraction of sp³-hybridized carbons (Fsp3) is 0.117. The van der Waals surface area contributed by atoms with Crippen LogP contribution in [0.3, 0.4) is 0 Å². The van der Waals surface area contributed by atoms with Crippen molar-refractivity contribution in [2.24, 2.45) is 0 Å². The summed E-state index contributed by atoms with van der Waals surface area (Å²) in [7, 11) is 0. The molecule has 0 aliphatic heterocycles. The number of hydrogen-bond donors (Lipinski definition) is 2. The highest BCUT2D eigenvalue weighted by Gasteiger charge is 2.16. The van der Waals surface area contributed by atoms with E-state index in [1.165, 1.54) is 36.7 Å². The summed E-state index contributed by atoms with van der Waals surface area (Å²) < 4.78 is 5.08. The predicted octanol–water partition coefficient (Wildman–Crippen LogP) is 4.28. The number of hydrogen-bond acceptors (Lipinski definition) is 9. The van der Waals surface area contributed by atoms with Gasteiger partial charge in [0.15, 0.2) is 0 Å². The quantitative estimate of drug-likeness (QED) is 0.136. The Kier molecular flexibility index (Phi) is 35.6. The van der Waals surface area contributed by atoms with Crippen LogP contribution < -0.4 is 10.6 Å². The number of alkyl carbamates (subject to hydrolysis) is 1. The van der Waals surface area contributed by atoms with E-state index in [9.17, 15) is 25.0 Å². The highest BCUT2D eigenvalue weighted by Crippen LogP contribution is 2.20. The van der Waals surface area contributed by atoms with Crippen LogP contribution in [0.25, 0.3) is 0 Å². The summed E-state index contributed by atoms with van der Waals surface area (Å²) >= 11 is 5.37. The highest BCUT2D eigenvalue weighted by molar-refractivity contribution is 6.31. The first-order chi connectivity index (χ1) is 35.4. The van der Waals surface area contributed by atoms with E-state index >= 15 is 0 Å². The molecule has 2 rings (SSSR count). The number of carbonyl (C=O) groups is 1. The molecule has 0 radical (unpaired) electrons. The smallest absolute Gasteiger partial charge is 0.407 e. The molecule has 0 fully saturated rings. The number of ether oxygens (including phenoxy) is 1. The molecule has 0 saturated heterocycles. The zero-order chi connectivity index (χ0) is 53.7. The molecular weight excluding hydrogens is 936 g/mol. The molecule has 0 bridgehead atoms. The van der Waals surface area contributed by atoms with Crippen LogP contribution in [0.1, 0.15) is 27.2 Å². The molecule has 73 heavy (non-hydrogen) atoms. The van der Waals surface area contributed by atoms with E-state index in [1.54, 1.807) is 20.8 Å². The number of halogens is 1. The molecule has 0 spiro atoms. The molecule has 2 aromatic heterocycles. The molecule has 2 heterocycles. The summed E-state index contributed by atoms with van der Waals surface area (Å²) in [4.78, 5) is 38.6. The normalized spacial score (nSPS) is 6.60. The number of nitro groups is 2. The van der Waals surface area contributed by atoms with Crippen molar-refractivity contribution in [1.29, 1.82) is 0 Å². The zero-order valence-corrected chi connectivity index (χ0v) is 39.1. The van der Waals surface area contributed by atoms with Crippen molar-refractivity contribution in [3.63, 3.8) is 0 Å². The second-order valence-electron chi connectivity index (χ2n) is 11.9. The van der Waals surface area contributed by atoms with Crippen molar-refractivity contribution >= 4 is 34.9 Å². The van der Waals surface area contributed by atoms with Crippen LogP contribution in [0.5, 0.6) is 0 Å². The number of nitrogens with one attached hydrogen (secondary N) is 2. The molecule has 0 aliphatic carbocycles. The predicted molar refractivity (Wildman–Crippen MR) is 280 cm³/mol. The van der Waals surface area contributed by atoms with Gasteiger partial charge in [0.1, 0.15) is 5.60 Å². The molecule has 338 valence electrons. The summed E-state index contributed by atoms with van der Waals surface area (Å²) in [6.45, 7) is 6.22. The maximum absolute atomic E-state index is 11.4. The summed E-state index contributed by atoms with van der Waals surface area (Å²) in [6.07, 6.45) is 12.9. The van der Waals surface area contributed by atoms with Crippen LogP contribution in [0.2, 0.25) is 5.15 Å². The molecule has 12 nitrogen and oxygen atoms in total. The first kappa shape index (κ1) is 60.2. The van der Waals surface area contributed by atoms with Gasteiger partial charge in [0, 0.05) is 180 Å².